The lowest BCUT2D eigenvalue weighted by Gasteiger charge is -2.34. The minimum absolute atomic E-state index is 0.0385. The Hall–Kier alpha value is -2.18. The molecule has 1 N–H and O–H groups in total. The van der Waals surface area contributed by atoms with Crippen LogP contribution in [0.5, 0.6) is 0 Å². The number of carbonyl (C=O) groups excluding carboxylic acids is 1. The number of ether oxygens (including phenoxy) is 1. The minimum atomic E-state index is -0.198. The molecule has 2 saturated heterocycles. The summed E-state index contributed by atoms with van der Waals surface area (Å²) in [6.07, 6.45) is 3.69. The molecule has 1 aromatic carbocycles. The Morgan fingerprint density at radius 2 is 1.92 bits per heavy atom. The highest BCUT2D eigenvalue weighted by molar-refractivity contribution is 6.06. The third kappa shape index (κ3) is 3.15. The Labute approximate surface area is 152 Å². The first-order valence-electron chi connectivity index (χ1n) is 9.36. The van der Waals surface area contributed by atoms with E-state index in [2.05, 4.69) is 10.2 Å². The molecule has 0 aliphatic carbocycles. The second kappa shape index (κ2) is 7.21. The van der Waals surface area contributed by atoms with Gasteiger partial charge in [-0.15, -0.1) is 0 Å². The Bertz CT molecular complexity index is 870. The predicted octanol–water partition coefficient (Wildman–Crippen LogP) is 1.52. The van der Waals surface area contributed by atoms with E-state index in [-0.39, 0.29) is 23.6 Å². The van der Waals surface area contributed by atoms with Gasteiger partial charge in [-0.1, -0.05) is 24.6 Å². The van der Waals surface area contributed by atoms with Crippen molar-refractivity contribution >= 4 is 16.8 Å². The summed E-state index contributed by atoms with van der Waals surface area (Å²) in [5.41, 5.74) is 1.03. The number of piperidine rings is 1. The number of aryl methyl sites for hydroxylation is 1. The van der Waals surface area contributed by atoms with Gasteiger partial charge in [0.1, 0.15) is 0 Å². The van der Waals surface area contributed by atoms with Crippen molar-refractivity contribution in [2.75, 3.05) is 26.3 Å². The summed E-state index contributed by atoms with van der Waals surface area (Å²) in [6, 6.07) is 9.13. The van der Waals surface area contributed by atoms with E-state index in [1.807, 2.05) is 24.3 Å². The van der Waals surface area contributed by atoms with Gasteiger partial charge in [0.25, 0.3) is 11.5 Å². The first kappa shape index (κ1) is 17.2. The van der Waals surface area contributed by atoms with Crippen molar-refractivity contribution in [3.63, 3.8) is 0 Å². The van der Waals surface area contributed by atoms with Crippen LogP contribution in [0.3, 0.4) is 0 Å². The van der Waals surface area contributed by atoms with E-state index in [4.69, 9.17) is 4.74 Å². The number of fused-ring (bicyclic) bond motifs is 1. The third-order valence-electron chi connectivity index (χ3n) is 5.63. The topological polar surface area (TPSA) is 63.6 Å². The second-order valence-corrected chi connectivity index (χ2v) is 7.25. The van der Waals surface area contributed by atoms with Crippen molar-refractivity contribution in [3.05, 3.63) is 46.2 Å². The average Bonchev–Trinajstić information content (AvgIpc) is 3.13. The van der Waals surface area contributed by atoms with E-state index in [0.29, 0.717) is 18.8 Å². The van der Waals surface area contributed by atoms with E-state index >= 15 is 0 Å². The molecule has 6 nitrogen and oxygen atoms in total. The summed E-state index contributed by atoms with van der Waals surface area (Å²) in [6.45, 7) is 3.31. The maximum atomic E-state index is 13.0. The van der Waals surface area contributed by atoms with Gasteiger partial charge in [0.2, 0.25) is 0 Å². The number of likely N-dealkylation sites (tertiary alicyclic amines) is 1. The highest BCUT2D eigenvalue weighted by Crippen LogP contribution is 2.21. The molecule has 138 valence electrons. The van der Waals surface area contributed by atoms with Crippen LogP contribution in [0.4, 0.5) is 0 Å². The van der Waals surface area contributed by atoms with E-state index < -0.39 is 0 Å². The fourth-order valence-corrected chi connectivity index (χ4v) is 4.14. The van der Waals surface area contributed by atoms with Crippen molar-refractivity contribution in [3.8, 4) is 0 Å². The molecule has 2 aromatic rings. The number of nitrogens with zero attached hydrogens (tertiary/aromatic N) is 2. The fraction of sp³-hybridized carbons (Fsp3) is 0.500. The van der Waals surface area contributed by atoms with Gasteiger partial charge in [0.15, 0.2) is 0 Å². The molecule has 2 aliphatic heterocycles. The zero-order chi connectivity index (χ0) is 18.1. The third-order valence-corrected chi connectivity index (χ3v) is 5.63. The maximum Gasteiger partial charge on any atom is 0.252 e. The highest BCUT2D eigenvalue weighted by atomic mass is 16.5. The van der Waals surface area contributed by atoms with Gasteiger partial charge in [-0.3, -0.25) is 14.5 Å². The number of hydrogen-bond donors (Lipinski definition) is 1. The first-order valence-corrected chi connectivity index (χ1v) is 9.36. The standard InChI is InChI=1S/C20H25N3O3/c1-22-17-8-4-3-7-14(17)15(11-19(22)24)20(25)21-16-12-26-13-18(16)23-9-5-2-6-10-23/h3-4,7-8,11,16,18H,2,5-6,9-10,12-13H2,1H3,(H,21,25)/t16-,18-/m0/s1. The number of amides is 1. The van der Waals surface area contributed by atoms with Crippen molar-refractivity contribution < 1.29 is 9.53 Å². The van der Waals surface area contributed by atoms with Gasteiger partial charge in [0.05, 0.1) is 36.4 Å². The summed E-state index contributed by atoms with van der Waals surface area (Å²) in [5.74, 6) is -0.198. The fourth-order valence-electron chi connectivity index (χ4n) is 4.14. The van der Waals surface area contributed by atoms with Crippen LogP contribution in [0.25, 0.3) is 10.9 Å². The number of pyridine rings is 1. The van der Waals surface area contributed by atoms with Crippen LogP contribution < -0.4 is 10.9 Å². The summed E-state index contributed by atoms with van der Waals surface area (Å²) in [7, 11) is 1.73. The van der Waals surface area contributed by atoms with Crippen LogP contribution in [-0.4, -0.2) is 53.8 Å². The maximum absolute atomic E-state index is 13.0. The van der Waals surface area contributed by atoms with Gasteiger partial charge in [-0.25, -0.2) is 0 Å². The number of aromatic nitrogens is 1. The van der Waals surface area contributed by atoms with Gasteiger partial charge >= 0.3 is 0 Å². The Balaban J connectivity index is 1.59. The number of hydrogen-bond acceptors (Lipinski definition) is 4. The Morgan fingerprint density at radius 1 is 1.15 bits per heavy atom. The molecular formula is C20H25N3O3. The summed E-state index contributed by atoms with van der Waals surface area (Å²) in [5, 5.41) is 3.92. The molecule has 1 aromatic heterocycles. The normalized spacial score (nSPS) is 24.0. The molecule has 0 unspecified atom stereocenters. The molecule has 2 atom stereocenters. The van der Waals surface area contributed by atoms with Gasteiger partial charge < -0.3 is 14.6 Å². The zero-order valence-corrected chi connectivity index (χ0v) is 15.1. The van der Waals surface area contributed by atoms with Crippen LogP contribution >= 0.6 is 0 Å². The smallest absolute Gasteiger partial charge is 0.252 e. The number of para-hydroxylation sites is 1. The quantitative estimate of drug-likeness (QED) is 0.907. The molecule has 2 fully saturated rings. The Kier molecular flexibility index (Phi) is 4.78. The van der Waals surface area contributed by atoms with Crippen molar-refractivity contribution in [1.29, 1.82) is 0 Å². The molecule has 6 heteroatoms. The SMILES string of the molecule is Cn1c(=O)cc(C(=O)N[C@H]2COC[C@@H]2N2CCCCC2)c2ccccc21. The van der Waals surface area contributed by atoms with Crippen molar-refractivity contribution in [2.45, 2.75) is 31.3 Å². The van der Waals surface area contributed by atoms with E-state index in [0.717, 1.165) is 24.0 Å². The van der Waals surface area contributed by atoms with Crippen LogP contribution in [0.15, 0.2) is 35.1 Å². The second-order valence-electron chi connectivity index (χ2n) is 7.25. The van der Waals surface area contributed by atoms with E-state index in [1.165, 1.54) is 25.3 Å². The minimum Gasteiger partial charge on any atom is -0.378 e. The monoisotopic (exact) mass is 355 g/mol. The van der Waals surface area contributed by atoms with E-state index in [1.54, 1.807) is 11.6 Å². The molecule has 0 spiro atoms. The summed E-state index contributed by atoms with van der Waals surface area (Å²) < 4.78 is 7.24. The summed E-state index contributed by atoms with van der Waals surface area (Å²) in [4.78, 5) is 27.7. The van der Waals surface area contributed by atoms with E-state index in [9.17, 15) is 9.59 Å². The lowest BCUT2D eigenvalue weighted by Crippen LogP contribution is -2.52. The molecule has 0 bridgehead atoms. The van der Waals surface area contributed by atoms with Crippen LogP contribution in [-0.2, 0) is 11.8 Å². The lowest BCUT2D eigenvalue weighted by molar-refractivity contribution is 0.0901. The number of carbonyl (C=O) groups is 1. The van der Waals surface area contributed by atoms with Gasteiger partial charge in [-0.2, -0.15) is 0 Å². The summed E-state index contributed by atoms with van der Waals surface area (Å²) >= 11 is 0. The molecular weight excluding hydrogens is 330 g/mol. The van der Waals surface area contributed by atoms with Gasteiger partial charge in [0, 0.05) is 18.5 Å². The predicted molar refractivity (Wildman–Crippen MR) is 100 cm³/mol. The average molecular weight is 355 g/mol. The largest absolute Gasteiger partial charge is 0.378 e. The van der Waals surface area contributed by atoms with Crippen LogP contribution in [0.2, 0.25) is 0 Å². The molecule has 1 amide bonds. The van der Waals surface area contributed by atoms with Gasteiger partial charge in [-0.05, 0) is 32.0 Å². The number of nitrogens with one attached hydrogen (secondary N) is 1. The zero-order valence-electron chi connectivity index (χ0n) is 15.1. The van der Waals surface area contributed by atoms with Crippen LogP contribution in [0, 0.1) is 0 Å². The molecule has 26 heavy (non-hydrogen) atoms. The first-order chi connectivity index (χ1) is 12.6. The number of benzene rings is 1. The number of rotatable bonds is 3. The van der Waals surface area contributed by atoms with Crippen LogP contribution in [0.1, 0.15) is 29.6 Å². The molecule has 2 aliphatic rings. The molecule has 3 heterocycles. The van der Waals surface area contributed by atoms with Crippen molar-refractivity contribution in [2.24, 2.45) is 7.05 Å². The molecule has 0 saturated carbocycles. The molecule has 4 rings (SSSR count). The van der Waals surface area contributed by atoms with Crippen molar-refractivity contribution in [1.82, 2.24) is 14.8 Å². The highest BCUT2D eigenvalue weighted by Gasteiger charge is 2.35. The Morgan fingerprint density at radius 3 is 2.73 bits per heavy atom. The lowest BCUT2D eigenvalue weighted by atomic mass is 10.0. The molecule has 0 radical (unpaired) electrons.